The summed E-state index contributed by atoms with van der Waals surface area (Å²) in [6.07, 6.45) is 6.76. The molecule has 1 aliphatic carbocycles. The van der Waals surface area contributed by atoms with Crippen LogP contribution in [0.3, 0.4) is 0 Å². The van der Waals surface area contributed by atoms with E-state index < -0.39 is 0 Å². The molecule has 0 atom stereocenters. The van der Waals surface area contributed by atoms with E-state index in [0.717, 1.165) is 0 Å². The Balaban J connectivity index is 1.83. The minimum Gasteiger partial charge on any atom is -0.309 e. The third-order valence-electron chi connectivity index (χ3n) is 3.86. The second-order valence-electron chi connectivity index (χ2n) is 5.36. The summed E-state index contributed by atoms with van der Waals surface area (Å²) in [5.41, 5.74) is 1.33. The Morgan fingerprint density at radius 1 is 0.750 bits per heavy atom. The average Bonchev–Trinajstić information content (AvgIpc) is 2.55. The minimum absolute atomic E-state index is 0.663. The fraction of sp³-hybridized carbons (Fsp3) is 0.333. The first-order chi connectivity index (χ1) is 9.93. The summed E-state index contributed by atoms with van der Waals surface area (Å²) in [4.78, 5) is 1.32. The van der Waals surface area contributed by atoms with Crippen molar-refractivity contribution in [3.05, 3.63) is 60.7 Å². The van der Waals surface area contributed by atoms with Gasteiger partial charge in [-0.2, -0.15) is 0 Å². The van der Waals surface area contributed by atoms with Crippen molar-refractivity contribution in [2.24, 2.45) is 0 Å². The molecule has 1 saturated carbocycles. The number of benzene rings is 2. The van der Waals surface area contributed by atoms with E-state index in [1.54, 1.807) is 0 Å². The van der Waals surface area contributed by atoms with Crippen LogP contribution in [0.25, 0.3) is 0 Å². The first-order valence-corrected chi connectivity index (χ1v) is 8.28. The van der Waals surface area contributed by atoms with E-state index in [2.05, 4.69) is 65.0 Å². The van der Waals surface area contributed by atoms with Gasteiger partial charge in [-0.3, -0.25) is 0 Å². The molecule has 0 heterocycles. The maximum atomic E-state index is 2.52. The standard InChI is InChI=1S/C18H21NS/c1-4-10-16(11-5-1)19(17-12-6-2-7-13-17)20-18-14-8-3-9-15-18/h1,3-5,8-11,14-15,17H,2,6-7,12-13H2. The van der Waals surface area contributed by atoms with Crippen molar-refractivity contribution >= 4 is 17.6 Å². The number of anilines is 1. The molecule has 0 aromatic heterocycles. The molecule has 20 heavy (non-hydrogen) atoms. The Kier molecular flexibility index (Phi) is 4.65. The Hall–Kier alpha value is -1.41. The quantitative estimate of drug-likeness (QED) is 0.678. The van der Waals surface area contributed by atoms with E-state index in [1.165, 1.54) is 42.7 Å². The molecule has 0 amide bonds. The van der Waals surface area contributed by atoms with Gasteiger partial charge >= 0.3 is 0 Å². The first kappa shape index (κ1) is 13.6. The largest absolute Gasteiger partial charge is 0.309 e. The van der Waals surface area contributed by atoms with Crippen LogP contribution in [0.5, 0.6) is 0 Å². The topological polar surface area (TPSA) is 3.24 Å². The van der Waals surface area contributed by atoms with Crippen LogP contribution in [0.1, 0.15) is 32.1 Å². The predicted octanol–water partition coefficient (Wildman–Crippen LogP) is 5.53. The highest BCUT2D eigenvalue weighted by Crippen LogP contribution is 2.35. The van der Waals surface area contributed by atoms with Crippen LogP contribution in [0.15, 0.2) is 65.6 Å². The van der Waals surface area contributed by atoms with Gasteiger partial charge in [-0.15, -0.1) is 0 Å². The number of rotatable bonds is 4. The molecule has 0 aliphatic heterocycles. The van der Waals surface area contributed by atoms with Gasteiger partial charge in [0, 0.05) is 16.6 Å². The molecular formula is C18H21NS. The van der Waals surface area contributed by atoms with Crippen LogP contribution in [0.4, 0.5) is 5.69 Å². The lowest BCUT2D eigenvalue weighted by Gasteiger charge is -2.34. The SMILES string of the molecule is c1ccc(SN(c2ccccc2)C2CCCCC2)cc1. The van der Waals surface area contributed by atoms with Crippen molar-refractivity contribution < 1.29 is 0 Å². The van der Waals surface area contributed by atoms with Crippen LogP contribution in [-0.2, 0) is 0 Å². The number of hydrogen-bond acceptors (Lipinski definition) is 2. The lowest BCUT2D eigenvalue weighted by molar-refractivity contribution is 0.446. The highest BCUT2D eigenvalue weighted by atomic mass is 32.2. The van der Waals surface area contributed by atoms with Gasteiger partial charge in [-0.25, -0.2) is 0 Å². The maximum absolute atomic E-state index is 2.52. The molecule has 1 aliphatic rings. The molecular weight excluding hydrogens is 262 g/mol. The third kappa shape index (κ3) is 3.37. The van der Waals surface area contributed by atoms with Crippen LogP contribution in [0.2, 0.25) is 0 Å². The molecule has 0 N–H and O–H groups in total. The zero-order chi connectivity index (χ0) is 13.6. The Morgan fingerprint density at radius 2 is 1.35 bits per heavy atom. The van der Waals surface area contributed by atoms with Crippen molar-refractivity contribution in [3.8, 4) is 0 Å². The number of nitrogens with zero attached hydrogens (tertiary/aromatic N) is 1. The van der Waals surface area contributed by atoms with E-state index in [9.17, 15) is 0 Å². The molecule has 2 aromatic carbocycles. The van der Waals surface area contributed by atoms with Crippen LogP contribution in [-0.4, -0.2) is 6.04 Å². The smallest absolute Gasteiger partial charge is 0.0476 e. The minimum atomic E-state index is 0.663. The second kappa shape index (κ2) is 6.85. The first-order valence-electron chi connectivity index (χ1n) is 7.51. The molecule has 1 fully saturated rings. The normalized spacial score (nSPS) is 16.0. The van der Waals surface area contributed by atoms with Gasteiger partial charge in [0.1, 0.15) is 0 Å². The lowest BCUT2D eigenvalue weighted by Crippen LogP contribution is -2.31. The van der Waals surface area contributed by atoms with Crippen molar-refractivity contribution in [2.75, 3.05) is 4.31 Å². The summed E-state index contributed by atoms with van der Waals surface area (Å²) >= 11 is 1.88. The number of hydrogen-bond donors (Lipinski definition) is 0. The Labute approximate surface area is 126 Å². The van der Waals surface area contributed by atoms with Gasteiger partial charge in [-0.05, 0) is 49.1 Å². The van der Waals surface area contributed by atoms with Crippen molar-refractivity contribution in [2.45, 2.75) is 43.0 Å². The van der Waals surface area contributed by atoms with E-state index in [-0.39, 0.29) is 0 Å². The van der Waals surface area contributed by atoms with Crippen molar-refractivity contribution in [1.82, 2.24) is 0 Å². The molecule has 2 heteroatoms. The lowest BCUT2D eigenvalue weighted by atomic mass is 9.95. The molecule has 0 radical (unpaired) electrons. The Bertz CT molecular complexity index is 505. The summed E-state index contributed by atoms with van der Waals surface area (Å²) in [7, 11) is 0. The highest BCUT2D eigenvalue weighted by Gasteiger charge is 2.22. The summed E-state index contributed by atoms with van der Waals surface area (Å²) < 4.78 is 2.52. The van der Waals surface area contributed by atoms with Gasteiger partial charge in [0.15, 0.2) is 0 Å². The molecule has 2 aromatic rings. The summed E-state index contributed by atoms with van der Waals surface area (Å²) in [6, 6.07) is 22.2. The summed E-state index contributed by atoms with van der Waals surface area (Å²) in [5, 5.41) is 0. The molecule has 0 unspecified atom stereocenters. The molecule has 0 spiro atoms. The van der Waals surface area contributed by atoms with Gasteiger partial charge < -0.3 is 4.31 Å². The van der Waals surface area contributed by atoms with Gasteiger partial charge in [-0.1, -0.05) is 55.7 Å². The molecule has 1 nitrogen and oxygen atoms in total. The average molecular weight is 283 g/mol. The molecule has 3 rings (SSSR count). The molecule has 0 saturated heterocycles. The van der Waals surface area contributed by atoms with Crippen LogP contribution >= 0.6 is 11.9 Å². The zero-order valence-electron chi connectivity index (χ0n) is 11.7. The maximum Gasteiger partial charge on any atom is 0.0476 e. The Morgan fingerprint density at radius 3 is 2.00 bits per heavy atom. The second-order valence-corrected chi connectivity index (χ2v) is 6.40. The fourth-order valence-corrected chi connectivity index (χ4v) is 3.92. The van der Waals surface area contributed by atoms with E-state index >= 15 is 0 Å². The van der Waals surface area contributed by atoms with Gasteiger partial charge in [0.05, 0.1) is 0 Å². The van der Waals surface area contributed by atoms with Crippen molar-refractivity contribution in [1.29, 1.82) is 0 Å². The monoisotopic (exact) mass is 283 g/mol. The number of para-hydroxylation sites is 1. The predicted molar refractivity (Wildman–Crippen MR) is 88.1 cm³/mol. The molecule has 104 valence electrons. The van der Waals surface area contributed by atoms with Crippen molar-refractivity contribution in [3.63, 3.8) is 0 Å². The summed E-state index contributed by atoms with van der Waals surface area (Å²) in [6.45, 7) is 0. The zero-order valence-corrected chi connectivity index (χ0v) is 12.6. The third-order valence-corrected chi connectivity index (χ3v) is 5.05. The summed E-state index contributed by atoms with van der Waals surface area (Å²) in [5.74, 6) is 0. The van der Waals surface area contributed by atoms with E-state index in [0.29, 0.717) is 6.04 Å². The van der Waals surface area contributed by atoms with Gasteiger partial charge in [0.25, 0.3) is 0 Å². The fourth-order valence-electron chi connectivity index (χ4n) is 2.82. The molecule has 0 bridgehead atoms. The van der Waals surface area contributed by atoms with Gasteiger partial charge in [0.2, 0.25) is 0 Å². The van der Waals surface area contributed by atoms with E-state index in [4.69, 9.17) is 0 Å². The highest BCUT2D eigenvalue weighted by molar-refractivity contribution is 8.00. The van der Waals surface area contributed by atoms with E-state index in [1.807, 2.05) is 11.9 Å². The van der Waals surface area contributed by atoms with Crippen LogP contribution in [0, 0.1) is 0 Å². The van der Waals surface area contributed by atoms with Crippen LogP contribution < -0.4 is 4.31 Å².